The summed E-state index contributed by atoms with van der Waals surface area (Å²) in [5.41, 5.74) is 1.16. The first kappa shape index (κ1) is 12.0. The molecular weight excluding hydrogens is 247 g/mol. The van der Waals surface area contributed by atoms with Gasteiger partial charge in [-0.05, 0) is 35.4 Å². The van der Waals surface area contributed by atoms with Gasteiger partial charge in [-0.1, -0.05) is 18.2 Å². The Morgan fingerprint density at radius 1 is 0.947 bits per heavy atom. The maximum absolute atomic E-state index is 13.2. The fourth-order valence-corrected chi connectivity index (χ4v) is 2.10. The van der Waals surface area contributed by atoms with Crippen molar-refractivity contribution < 1.29 is 19.0 Å². The van der Waals surface area contributed by atoms with Crippen molar-refractivity contribution in [3.63, 3.8) is 0 Å². The second-order valence-electron chi connectivity index (χ2n) is 4.36. The minimum atomic E-state index is -0.883. The van der Waals surface area contributed by atoms with Gasteiger partial charge in [-0.15, -0.1) is 0 Å². The third-order valence-corrected chi connectivity index (χ3v) is 3.05. The van der Waals surface area contributed by atoms with Gasteiger partial charge in [0.25, 0.3) is 0 Å². The van der Waals surface area contributed by atoms with Crippen LogP contribution in [0, 0.1) is 5.82 Å². The van der Waals surface area contributed by atoms with E-state index in [0.29, 0.717) is 35.8 Å². The van der Waals surface area contributed by atoms with E-state index in [0.717, 1.165) is 0 Å². The van der Waals surface area contributed by atoms with Crippen molar-refractivity contribution in [3.05, 3.63) is 59.4 Å². The molecule has 19 heavy (non-hydrogen) atoms. The molecule has 1 aliphatic rings. The van der Waals surface area contributed by atoms with Gasteiger partial charge in [-0.3, -0.25) is 0 Å². The highest BCUT2D eigenvalue weighted by atomic mass is 19.1. The molecule has 3 nitrogen and oxygen atoms in total. The highest BCUT2D eigenvalue weighted by Crippen LogP contribution is 2.34. The number of ether oxygens (including phenoxy) is 2. The summed E-state index contributed by atoms with van der Waals surface area (Å²) in [5.74, 6) is 0.912. The van der Waals surface area contributed by atoms with E-state index < -0.39 is 6.10 Å². The van der Waals surface area contributed by atoms with Crippen molar-refractivity contribution in [2.75, 3.05) is 13.2 Å². The van der Waals surface area contributed by atoms with Crippen LogP contribution in [0.5, 0.6) is 11.5 Å². The molecule has 0 aromatic heterocycles. The molecule has 0 saturated carbocycles. The number of halogens is 1. The normalized spacial score (nSPS) is 15.1. The minimum Gasteiger partial charge on any atom is -0.486 e. The van der Waals surface area contributed by atoms with Crippen LogP contribution >= 0.6 is 0 Å². The standard InChI is InChI=1S/C15H13FO3/c16-12-3-1-2-10(8-12)15(17)11-4-5-13-14(9-11)19-7-6-18-13/h1-5,8-9,15,17H,6-7H2. The molecule has 1 unspecified atom stereocenters. The lowest BCUT2D eigenvalue weighted by Crippen LogP contribution is -2.15. The Kier molecular flexibility index (Phi) is 3.09. The molecule has 0 saturated heterocycles. The van der Waals surface area contributed by atoms with Crippen molar-refractivity contribution >= 4 is 0 Å². The molecule has 2 aromatic carbocycles. The van der Waals surface area contributed by atoms with Crippen LogP contribution in [0.2, 0.25) is 0 Å². The van der Waals surface area contributed by atoms with Gasteiger partial charge in [0.1, 0.15) is 25.1 Å². The van der Waals surface area contributed by atoms with Crippen LogP contribution in [-0.2, 0) is 0 Å². The van der Waals surface area contributed by atoms with Crippen LogP contribution in [0.25, 0.3) is 0 Å². The first-order valence-corrected chi connectivity index (χ1v) is 6.07. The van der Waals surface area contributed by atoms with Crippen molar-refractivity contribution in [3.8, 4) is 11.5 Å². The van der Waals surface area contributed by atoms with Crippen LogP contribution in [-0.4, -0.2) is 18.3 Å². The third-order valence-electron chi connectivity index (χ3n) is 3.05. The van der Waals surface area contributed by atoms with Crippen molar-refractivity contribution in [1.29, 1.82) is 0 Å². The largest absolute Gasteiger partial charge is 0.486 e. The van der Waals surface area contributed by atoms with E-state index in [-0.39, 0.29) is 5.82 Å². The van der Waals surface area contributed by atoms with Gasteiger partial charge >= 0.3 is 0 Å². The molecule has 1 heterocycles. The molecule has 0 amide bonds. The molecule has 0 spiro atoms. The summed E-state index contributed by atoms with van der Waals surface area (Å²) >= 11 is 0. The molecule has 2 aromatic rings. The lowest BCUT2D eigenvalue weighted by atomic mass is 10.0. The number of hydrogen-bond acceptors (Lipinski definition) is 3. The zero-order valence-electron chi connectivity index (χ0n) is 10.2. The molecule has 1 aliphatic heterocycles. The van der Waals surface area contributed by atoms with Crippen LogP contribution in [0.3, 0.4) is 0 Å². The number of aliphatic hydroxyl groups excluding tert-OH is 1. The predicted octanol–water partition coefficient (Wildman–Crippen LogP) is 2.68. The van der Waals surface area contributed by atoms with E-state index >= 15 is 0 Å². The fourth-order valence-electron chi connectivity index (χ4n) is 2.10. The maximum Gasteiger partial charge on any atom is 0.161 e. The Morgan fingerprint density at radius 2 is 1.68 bits per heavy atom. The Hall–Kier alpha value is -2.07. The van der Waals surface area contributed by atoms with Gasteiger partial charge in [-0.25, -0.2) is 4.39 Å². The number of fused-ring (bicyclic) bond motifs is 1. The molecular formula is C15H13FO3. The zero-order chi connectivity index (χ0) is 13.2. The quantitative estimate of drug-likeness (QED) is 0.902. The van der Waals surface area contributed by atoms with E-state index in [4.69, 9.17) is 9.47 Å². The topological polar surface area (TPSA) is 38.7 Å². The molecule has 3 rings (SSSR count). The second kappa shape index (κ2) is 4.90. The number of aliphatic hydroxyl groups is 1. The average Bonchev–Trinajstić information content (AvgIpc) is 2.46. The summed E-state index contributed by atoms with van der Waals surface area (Å²) in [4.78, 5) is 0. The van der Waals surface area contributed by atoms with Gasteiger partial charge in [0.05, 0.1) is 0 Å². The summed E-state index contributed by atoms with van der Waals surface area (Å²) in [6, 6.07) is 11.2. The number of rotatable bonds is 2. The average molecular weight is 260 g/mol. The summed E-state index contributed by atoms with van der Waals surface area (Å²) in [6.07, 6.45) is -0.883. The minimum absolute atomic E-state index is 0.367. The van der Waals surface area contributed by atoms with Crippen molar-refractivity contribution in [2.45, 2.75) is 6.10 Å². The molecule has 98 valence electrons. The van der Waals surface area contributed by atoms with E-state index in [9.17, 15) is 9.50 Å². The number of hydrogen-bond donors (Lipinski definition) is 1. The van der Waals surface area contributed by atoms with E-state index in [1.807, 2.05) is 0 Å². The van der Waals surface area contributed by atoms with Gasteiger partial charge in [0.15, 0.2) is 11.5 Å². The Balaban J connectivity index is 1.93. The molecule has 4 heteroatoms. The van der Waals surface area contributed by atoms with Gasteiger partial charge in [-0.2, -0.15) is 0 Å². The van der Waals surface area contributed by atoms with Crippen LogP contribution in [0.4, 0.5) is 4.39 Å². The third kappa shape index (κ3) is 2.39. The fraction of sp³-hybridized carbons (Fsp3) is 0.200. The molecule has 0 fully saturated rings. The molecule has 1 N–H and O–H groups in total. The Bertz CT molecular complexity index is 598. The summed E-state index contributed by atoms with van der Waals surface area (Å²) in [7, 11) is 0. The predicted molar refractivity (Wildman–Crippen MR) is 67.9 cm³/mol. The van der Waals surface area contributed by atoms with Crippen LogP contribution in [0.1, 0.15) is 17.2 Å². The summed E-state index contributed by atoms with van der Waals surface area (Å²) < 4.78 is 24.0. The Labute approximate surface area is 110 Å². The van der Waals surface area contributed by atoms with E-state index in [2.05, 4.69) is 0 Å². The smallest absolute Gasteiger partial charge is 0.161 e. The second-order valence-corrected chi connectivity index (χ2v) is 4.36. The van der Waals surface area contributed by atoms with E-state index in [1.54, 1.807) is 30.3 Å². The highest BCUT2D eigenvalue weighted by molar-refractivity contribution is 5.46. The van der Waals surface area contributed by atoms with Crippen molar-refractivity contribution in [1.82, 2.24) is 0 Å². The Morgan fingerprint density at radius 3 is 2.47 bits per heavy atom. The molecule has 0 radical (unpaired) electrons. The lowest BCUT2D eigenvalue weighted by molar-refractivity contribution is 0.169. The summed E-state index contributed by atoms with van der Waals surface area (Å²) in [5, 5.41) is 10.3. The highest BCUT2D eigenvalue weighted by Gasteiger charge is 2.16. The first-order chi connectivity index (χ1) is 9.24. The zero-order valence-corrected chi connectivity index (χ0v) is 10.2. The van der Waals surface area contributed by atoms with Gasteiger partial charge < -0.3 is 14.6 Å². The monoisotopic (exact) mass is 260 g/mol. The number of benzene rings is 2. The SMILES string of the molecule is OC(c1cccc(F)c1)c1ccc2c(c1)OCCO2. The maximum atomic E-state index is 13.2. The van der Waals surface area contributed by atoms with Gasteiger partial charge in [0, 0.05) is 0 Å². The van der Waals surface area contributed by atoms with Crippen molar-refractivity contribution in [2.24, 2.45) is 0 Å². The molecule has 1 atom stereocenters. The molecule has 0 aliphatic carbocycles. The molecule has 0 bridgehead atoms. The van der Waals surface area contributed by atoms with Gasteiger partial charge in [0.2, 0.25) is 0 Å². The first-order valence-electron chi connectivity index (χ1n) is 6.07. The van der Waals surface area contributed by atoms with Crippen LogP contribution < -0.4 is 9.47 Å². The van der Waals surface area contributed by atoms with Crippen LogP contribution in [0.15, 0.2) is 42.5 Å². The summed E-state index contributed by atoms with van der Waals surface area (Å²) in [6.45, 7) is 1.02. The van der Waals surface area contributed by atoms with E-state index in [1.165, 1.54) is 12.1 Å². The lowest BCUT2D eigenvalue weighted by Gasteiger charge is -2.20.